The van der Waals surface area contributed by atoms with Crippen LogP contribution < -0.4 is 0 Å². The van der Waals surface area contributed by atoms with Gasteiger partial charge in [0.05, 0.1) is 6.61 Å². The summed E-state index contributed by atoms with van der Waals surface area (Å²) in [6.45, 7) is 3.54. The normalized spacial score (nSPS) is 13.0. The predicted octanol–water partition coefficient (Wildman–Crippen LogP) is 11.2. The maximum absolute atomic E-state index is 12.4. The van der Waals surface area contributed by atoms with Gasteiger partial charge in [-0.1, -0.05) is 152 Å². The number of ether oxygens (including phenoxy) is 2. The molecule has 9 heteroatoms. The molecule has 0 saturated heterocycles. The van der Waals surface area contributed by atoms with E-state index in [9.17, 15) is 14.2 Å². The molecule has 0 aromatic heterocycles. The second-order valence-corrected chi connectivity index (χ2v) is 13.8. The van der Waals surface area contributed by atoms with Gasteiger partial charge in [-0.15, -0.1) is 0 Å². The Balaban J connectivity index is 3.98. The third-order valence-electron chi connectivity index (χ3n) is 7.86. The van der Waals surface area contributed by atoms with Gasteiger partial charge in [-0.2, -0.15) is 0 Å². The lowest BCUT2D eigenvalue weighted by Gasteiger charge is -2.18. The van der Waals surface area contributed by atoms with E-state index in [0.29, 0.717) is 6.42 Å². The molecular weight excluding hydrogens is 627 g/mol. The fourth-order valence-corrected chi connectivity index (χ4v) is 5.43. The van der Waals surface area contributed by atoms with Gasteiger partial charge in [0.25, 0.3) is 0 Å². The second-order valence-electron chi connectivity index (χ2n) is 12.5. The highest BCUT2D eigenvalue weighted by Gasteiger charge is 2.22. The van der Waals surface area contributed by atoms with E-state index < -0.39 is 32.5 Å². The molecule has 0 aliphatic rings. The lowest BCUT2D eigenvalue weighted by atomic mass is 10.1. The molecule has 1 unspecified atom stereocenters. The van der Waals surface area contributed by atoms with Gasteiger partial charge in [-0.05, 0) is 51.4 Å². The van der Waals surface area contributed by atoms with Crippen molar-refractivity contribution in [3.05, 3.63) is 48.6 Å². The Bertz CT molecular complexity index is 921. The van der Waals surface area contributed by atoms with Crippen molar-refractivity contribution < 1.29 is 37.9 Å². The second kappa shape index (κ2) is 34.9. The van der Waals surface area contributed by atoms with Gasteiger partial charge in [0, 0.05) is 12.8 Å². The summed E-state index contributed by atoms with van der Waals surface area (Å²) in [6, 6.07) is 0. The summed E-state index contributed by atoms with van der Waals surface area (Å²) in [5.41, 5.74) is 0. The SMILES string of the molecule is CC/C=C\C/C=C\C/C=C\C/C=C\CCCCCCCCC(=O)OC(COC(=O)CCCCCCCCCCCCC)COP(=O)(O)O. The van der Waals surface area contributed by atoms with Crippen LogP contribution in [0.15, 0.2) is 48.6 Å². The molecule has 48 heavy (non-hydrogen) atoms. The van der Waals surface area contributed by atoms with Gasteiger partial charge < -0.3 is 19.3 Å². The Morgan fingerprint density at radius 1 is 0.562 bits per heavy atom. The zero-order chi connectivity index (χ0) is 35.4. The topological polar surface area (TPSA) is 119 Å². The van der Waals surface area contributed by atoms with Crippen molar-refractivity contribution in [3.63, 3.8) is 0 Å². The highest BCUT2D eigenvalue weighted by Crippen LogP contribution is 2.36. The minimum atomic E-state index is -4.75. The Morgan fingerprint density at radius 3 is 1.50 bits per heavy atom. The van der Waals surface area contributed by atoms with Crippen molar-refractivity contribution in [2.45, 2.75) is 174 Å². The van der Waals surface area contributed by atoms with Crippen molar-refractivity contribution in [1.29, 1.82) is 0 Å². The molecule has 0 amide bonds. The van der Waals surface area contributed by atoms with Crippen LogP contribution in [-0.4, -0.2) is 41.0 Å². The number of carbonyl (C=O) groups is 2. The van der Waals surface area contributed by atoms with E-state index in [1.165, 1.54) is 51.4 Å². The summed E-state index contributed by atoms with van der Waals surface area (Å²) in [5.74, 6) is -0.903. The molecule has 8 nitrogen and oxygen atoms in total. The zero-order valence-corrected chi connectivity index (χ0v) is 31.3. The van der Waals surface area contributed by atoms with E-state index in [4.69, 9.17) is 19.3 Å². The predicted molar refractivity (Wildman–Crippen MR) is 198 cm³/mol. The molecule has 0 spiro atoms. The number of phosphoric acid groups is 1. The highest BCUT2D eigenvalue weighted by atomic mass is 31.2. The maximum atomic E-state index is 12.4. The van der Waals surface area contributed by atoms with Crippen LogP contribution in [0, 0.1) is 0 Å². The molecule has 0 heterocycles. The number of carbonyl (C=O) groups excluding carboxylic acids is 2. The Morgan fingerprint density at radius 2 is 1.00 bits per heavy atom. The minimum Gasteiger partial charge on any atom is -0.462 e. The van der Waals surface area contributed by atoms with Crippen LogP contribution in [0.1, 0.15) is 168 Å². The summed E-state index contributed by atoms with van der Waals surface area (Å²) >= 11 is 0. The third kappa shape index (κ3) is 36.8. The standard InChI is InChI=1S/C39H69O8P/c1-3-5-7-9-11-13-15-16-17-18-19-20-21-22-24-26-28-30-32-34-39(41)47-37(36-46-48(42,43)44)35-45-38(40)33-31-29-27-25-23-14-12-10-8-6-4-2/h5,7,11,13,16-17,19-20,37H,3-4,6,8-10,12,14-15,18,21-36H2,1-2H3,(H2,42,43,44)/b7-5-,13-11-,17-16-,20-19-. The molecule has 2 N–H and O–H groups in total. The van der Waals surface area contributed by atoms with Gasteiger partial charge in [-0.25, -0.2) is 4.57 Å². The van der Waals surface area contributed by atoms with Crippen molar-refractivity contribution >= 4 is 19.8 Å². The number of unbranched alkanes of at least 4 members (excludes halogenated alkanes) is 16. The van der Waals surface area contributed by atoms with Gasteiger partial charge >= 0.3 is 19.8 Å². The van der Waals surface area contributed by atoms with Gasteiger partial charge in [-0.3, -0.25) is 14.1 Å². The average molecular weight is 697 g/mol. The van der Waals surface area contributed by atoms with Crippen molar-refractivity contribution in [3.8, 4) is 0 Å². The molecule has 0 aromatic carbocycles. The molecule has 0 aromatic rings. The number of hydrogen-bond donors (Lipinski definition) is 2. The molecule has 1 atom stereocenters. The lowest BCUT2D eigenvalue weighted by Crippen LogP contribution is -2.29. The van der Waals surface area contributed by atoms with Gasteiger partial charge in [0.2, 0.25) is 0 Å². The van der Waals surface area contributed by atoms with Crippen LogP contribution in [0.5, 0.6) is 0 Å². The molecule has 0 saturated carbocycles. The van der Waals surface area contributed by atoms with Crippen molar-refractivity contribution in [2.75, 3.05) is 13.2 Å². The Kier molecular flexibility index (Phi) is 33.4. The van der Waals surface area contributed by atoms with Crippen LogP contribution in [0.3, 0.4) is 0 Å². The number of hydrogen-bond acceptors (Lipinski definition) is 6. The van der Waals surface area contributed by atoms with Crippen LogP contribution in [0.4, 0.5) is 0 Å². The van der Waals surface area contributed by atoms with E-state index >= 15 is 0 Å². The Hall–Kier alpha value is -1.99. The molecule has 0 radical (unpaired) electrons. The summed E-state index contributed by atoms with van der Waals surface area (Å²) in [4.78, 5) is 42.7. The smallest absolute Gasteiger partial charge is 0.462 e. The average Bonchev–Trinajstić information content (AvgIpc) is 3.05. The van der Waals surface area contributed by atoms with E-state index in [0.717, 1.165) is 83.5 Å². The maximum Gasteiger partial charge on any atom is 0.469 e. The quantitative estimate of drug-likeness (QED) is 0.0295. The van der Waals surface area contributed by atoms with E-state index in [2.05, 4.69) is 67.0 Å². The van der Waals surface area contributed by atoms with Gasteiger partial charge in [0.1, 0.15) is 6.61 Å². The summed E-state index contributed by atoms with van der Waals surface area (Å²) < 4.78 is 26.3. The van der Waals surface area contributed by atoms with Crippen LogP contribution >= 0.6 is 7.82 Å². The van der Waals surface area contributed by atoms with Crippen molar-refractivity contribution in [1.82, 2.24) is 0 Å². The number of phosphoric ester groups is 1. The molecule has 0 rings (SSSR count). The molecule has 0 bridgehead atoms. The molecule has 0 fully saturated rings. The summed E-state index contributed by atoms with van der Waals surface area (Å²) in [5, 5.41) is 0. The highest BCUT2D eigenvalue weighted by molar-refractivity contribution is 7.46. The first-order valence-electron chi connectivity index (χ1n) is 18.9. The zero-order valence-electron chi connectivity index (χ0n) is 30.4. The first-order valence-corrected chi connectivity index (χ1v) is 20.5. The van der Waals surface area contributed by atoms with Crippen LogP contribution in [-0.2, 0) is 28.2 Å². The van der Waals surface area contributed by atoms with E-state index in [-0.39, 0.29) is 19.4 Å². The minimum absolute atomic E-state index is 0.195. The first kappa shape index (κ1) is 46.0. The number of esters is 2. The lowest BCUT2D eigenvalue weighted by molar-refractivity contribution is -0.161. The molecule has 0 aliphatic heterocycles. The number of allylic oxidation sites excluding steroid dienone is 8. The fourth-order valence-electron chi connectivity index (χ4n) is 5.07. The fraction of sp³-hybridized carbons (Fsp3) is 0.744. The molecular formula is C39H69O8P. The monoisotopic (exact) mass is 696 g/mol. The summed E-state index contributed by atoms with van der Waals surface area (Å²) in [6.07, 6.45) is 41.2. The molecule has 0 aliphatic carbocycles. The number of rotatable bonds is 34. The summed E-state index contributed by atoms with van der Waals surface area (Å²) in [7, 11) is -4.75. The third-order valence-corrected chi connectivity index (χ3v) is 8.35. The van der Waals surface area contributed by atoms with E-state index in [1.807, 2.05) is 0 Å². The molecule has 278 valence electrons. The Labute approximate surface area is 293 Å². The van der Waals surface area contributed by atoms with E-state index in [1.54, 1.807) is 0 Å². The van der Waals surface area contributed by atoms with Crippen LogP contribution in [0.25, 0.3) is 0 Å². The van der Waals surface area contributed by atoms with Crippen molar-refractivity contribution in [2.24, 2.45) is 0 Å². The largest absolute Gasteiger partial charge is 0.469 e. The first-order chi connectivity index (χ1) is 23.3. The van der Waals surface area contributed by atoms with Crippen LogP contribution in [0.2, 0.25) is 0 Å². The van der Waals surface area contributed by atoms with Gasteiger partial charge in [0.15, 0.2) is 6.10 Å².